The SMILES string of the molecule is CN(CCc1nccs1)C(=O)CCOc1ccccc1. The average Bonchev–Trinajstić information content (AvgIpc) is 2.99. The van der Waals surface area contributed by atoms with Crippen molar-refractivity contribution in [2.45, 2.75) is 12.8 Å². The van der Waals surface area contributed by atoms with Crippen molar-refractivity contribution >= 4 is 17.2 Å². The maximum atomic E-state index is 11.9. The summed E-state index contributed by atoms with van der Waals surface area (Å²) in [4.78, 5) is 17.9. The van der Waals surface area contributed by atoms with Gasteiger partial charge in [0.1, 0.15) is 5.75 Å². The topological polar surface area (TPSA) is 42.4 Å². The van der Waals surface area contributed by atoms with Gasteiger partial charge in [0.05, 0.1) is 18.0 Å². The molecule has 1 heterocycles. The minimum atomic E-state index is 0.0949. The van der Waals surface area contributed by atoms with Crippen LogP contribution in [0.15, 0.2) is 41.9 Å². The van der Waals surface area contributed by atoms with Crippen LogP contribution in [0.5, 0.6) is 5.75 Å². The Morgan fingerprint density at radius 1 is 1.35 bits per heavy atom. The van der Waals surface area contributed by atoms with Crippen LogP contribution in [0.4, 0.5) is 0 Å². The highest BCUT2D eigenvalue weighted by molar-refractivity contribution is 7.09. The van der Waals surface area contributed by atoms with Crippen LogP contribution in [0.2, 0.25) is 0 Å². The van der Waals surface area contributed by atoms with E-state index in [9.17, 15) is 4.79 Å². The molecule has 5 heteroatoms. The standard InChI is InChI=1S/C15H18N2O2S/c1-17(10-7-14-16-9-12-20-14)15(18)8-11-19-13-5-3-2-4-6-13/h2-6,9,12H,7-8,10-11H2,1H3. The Labute approximate surface area is 123 Å². The van der Waals surface area contributed by atoms with Crippen LogP contribution < -0.4 is 4.74 Å². The molecule has 1 amide bonds. The van der Waals surface area contributed by atoms with Gasteiger partial charge in [-0.25, -0.2) is 4.98 Å². The Balaban J connectivity index is 1.66. The molecule has 0 bridgehead atoms. The van der Waals surface area contributed by atoms with Crippen molar-refractivity contribution in [2.75, 3.05) is 20.2 Å². The summed E-state index contributed by atoms with van der Waals surface area (Å²) in [5.74, 6) is 0.892. The molecule has 0 radical (unpaired) electrons. The molecule has 2 rings (SSSR count). The van der Waals surface area contributed by atoms with Gasteiger partial charge in [0.2, 0.25) is 5.91 Å². The largest absolute Gasteiger partial charge is 0.493 e. The molecular formula is C15H18N2O2S. The molecule has 0 aliphatic carbocycles. The van der Waals surface area contributed by atoms with Gasteiger partial charge in [-0.3, -0.25) is 4.79 Å². The van der Waals surface area contributed by atoms with Crippen LogP contribution in [0.25, 0.3) is 0 Å². The van der Waals surface area contributed by atoms with Crippen LogP contribution >= 0.6 is 11.3 Å². The van der Waals surface area contributed by atoms with Gasteiger partial charge >= 0.3 is 0 Å². The van der Waals surface area contributed by atoms with Crippen LogP contribution in [-0.4, -0.2) is 36.0 Å². The zero-order chi connectivity index (χ0) is 14.2. The van der Waals surface area contributed by atoms with Crippen molar-refractivity contribution in [3.05, 3.63) is 46.9 Å². The number of likely N-dealkylation sites (N-methyl/N-ethyl adjacent to an activating group) is 1. The fraction of sp³-hybridized carbons (Fsp3) is 0.333. The van der Waals surface area contributed by atoms with Gasteiger partial charge in [-0.2, -0.15) is 0 Å². The number of para-hydroxylation sites is 1. The Bertz CT molecular complexity index is 514. The van der Waals surface area contributed by atoms with Gasteiger partial charge in [0.15, 0.2) is 0 Å². The second-order valence-electron chi connectivity index (χ2n) is 4.40. The number of thiazole rings is 1. The van der Waals surface area contributed by atoms with Gasteiger partial charge in [-0.1, -0.05) is 18.2 Å². The van der Waals surface area contributed by atoms with E-state index >= 15 is 0 Å². The van der Waals surface area contributed by atoms with Crippen molar-refractivity contribution < 1.29 is 9.53 Å². The van der Waals surface area contributed by atoms with Gasteiger partial charge in [-0.05, 0) is 12.1 Å². The van der Waals surface area contributed by atoms with E-state index in [1.54, 1.807) is 22.4 Å². The lowest BCUT2D eigenvalue weighted by Gasteiger charge is -2.16. The fourth-order valence-corrected chi connectivity index (χ4v) is 2.34. The lowest BCUT2D eigenvalue weighted by Crippen LogP contribution is -2.29. The zero-order valence-corrected chi connectivity index (χ0v) is 12.3. The summed E-state index contributed by atoms with van der Waals surface area (Å²) in [6.45, 7) is 1.10. The molecule has 0 aliphatic rings. The molecule has 0 N–H and O–H groups in total. The molecule has 0 fully saturated rings. The molecule has 2 aromatic rings. The summed E-state index contributed by atoms with van der Waals surface area (Å²) in [6, 6.07) is 9.53. The first-order valence-corrected chi connectivity index (χ1v) is 7.44. The number of aromatic nitrogens is 1. The smallest absolute Gasteiger partial charge is 0.225 e. The predicted molar refractivity (Wildman–Crippen MR) is 80.0 cm³/mol. The number of carbonyl (C=O) groups is 1. The molecule has 1 aromatic heterocycles. The van der Waals surface area contributed by atoms with Crippen LogP contribution in [0, 0.1) is 0 Å². The number of rotatable bonds is 7. The van der Waals surface area contributed by atoms with Crippen molar-refractivity contribution in [3.63, 3.8) is 0 Å². The number of benzene rings is 1. The molecule has 20 heavy (non-hydrogen) atoms. The molecule has 4 nitrogen and oxygen atoms in total. The summed E-state index contributed by atoms with van der Waals surface area (Å²) in [5, 5.41) is 3.01. The van der Waals surface area contributed by atoms with E-state index in [4.69, 9.17) is 4.74 Å². The van der Waals surface area contributed by atoms with E-state index < -0.39 is 0 Å². The Kier molecular flexibility index (Phi) is 5.55. The van der Waals surface area contributed by atoms with Gasteiger partial charge in [-0.15, -0.1) is 11.3 Å². The molecule has 0 saturated carbocycles. The van der Waals surface area contributed by atoms with Gasteiger partial charge < -0.3 is 9.64 Å². The highest BCUT2D eigenvalue weighted by Crippen LogP contribution is 2.09. The number of ether oxygens (including phenoxy) is 1. The third-order valence-corrected chi connectivity index (χ3v) is 3.74. The van der Waals surface area contributed by atoms with Gasteiger partial charge in [0.25, 0.3) is 0 Å². The number of amides is 1. The Morgan fingerprint density at radius 3 is 2.85 bits per heavy atom. The second-order valence-corrected chi connectivity index (χ2v) is 5.38. The molecule has 0 atom stereocenters. The van der Waals surface area contributed by atoms with Crippen molar-refractivity contribution in [2.24, 2.45) is 0 Å². The number of hydrogen-bond acceptors (Lipinski definition) is 4. The van der Waals surface area contributed by atoms with Crippen LogP contribution in [-0.2, 0) is 11.2 Å². The molecule has 0 saturated heterocycles. The summed E-state index contributed by atoms with van der Waals surface area (Å²) in [5.41, 5.74) is 0. The number of nitrogens with zero attached hydrogens (tertiary/aromatic N) is 2. The van der Waals surface area contributed by atoms with E-state index in [2.05, 4.69) is 4.98 Å². The minimum absolute atomic E-state index is 0.0949. The van der Waals surface area contributed by atoms with Crippen molar-refractivity contribution in [1.82, 2.24) is 9.88 Å². The Morgan fingerprint density at radius 2 is 2.15 bits per heavy atom. The summed E-state index contributed by atoms with van der Waals surface area (Å²) >= 11 is 1.62. The zero-order valence-electron chi connectivity index (χ0n) is 11.5. The molecule has 0 unspecified atom stereocenters. The third kappa shape index (κ3) is 4.66. The molecule has 1 aromatic carbocycles. The summed E-state index contributed by atoms with van der Waals surface area (Å²) in [6.07, 6.45) is 2.98. The summed E-state index contributed by atoms with van der Waals surface area (Å²) in [7, 11) is 1.82. The monoisotopic (exact) mass is 290 g/mol. The van der Waals surface area contributed by atoms with E-state index in [0.29, 0.717) is 19.6 Å². The quantitative estimate of drug-likeness (QED) is 0.787. The van der Waals surface area contributed by atoms with Gasteiger partial charge in [0, 0.05) is 31.6 Å². The Hall–Kier alpha value is -1.88. The first-order chi connectivity index (χ1) is 9.75. The molecule has 0 spiro atoms. The highest BCUT2D eigenvalue weighted by atomic mass is 32.1. The predicted octanol–water partition coefficient (Wildman–Crippen LogP) is 2.61. The number of carbonyl (C=O) groups excluding carboxylic acids is 1. The van der Waals surface area contributed by atoms with Crippen LogP contribution in [0.3, 0.4) is 0 Å². The maximum Gasteiger partial charge on any atom is 0.225 e. The fourth-order valence-electron chi connectivity index (χ4n) is 1.73. The third-order valence-electron chi connectivity index (χ3n) is 2.90. The van der Waals surface area contributed by atoms with E-state index in [-0.39, 0.29) is 5.91 Å². The number of hydrogen-bond donors (Lipinski definition) is 0. The average molecular weight is 290 g/mol. The summed E-state index contributed by atoms with van der Waals surface area (Å²) < 4.78 is 5.52. The molecule has 106 valence electrons. The maximum absolute atomic E-state index is 11.9. The lowest BCUT2D eigenvalue weighted by atomic mass is 10.3. The second kappa shape index (κ2) is 7.65. The van der Waals surface area contributed by atoms with E-state index in [1.165, 1.54) is 0 Å². The van der Waals surface area contributed by atoms with Crippen molar-refractivity contribution in [1.29, 1.82) is 0 Å². The minimum Gasteiger partial charge on any atom is -0.493 e. The lowest BCUT2D eigenvalue weighted by molar-refractivity contribution is -0.130. The van der Waals surface area contributed by atoms with Crippen LogP contribution in [0.1, 0.15) is 11.4 Å². The first kappa shape index (κ1) is 14.5. The van der Waals surface area contributed by atoms with Crippen molar-refractivity contribution in [3.8, 4) is 5.75 Å². The molecular weight excluding hydrogens is 272 g/mol. The molecule has 0 aliphatic heterocycles. The van der Waals surface area contributed by atoms with E-state index in [0.717, 1.165) is 17.2 Å². The van der Waals surface area contributed by atoms with E-state index in [1.807, 2.05) is 42.8 Å². The highest BCUT2D eigenvalue weighted by Gasteiger charge is 2.09. The first-order valence-electron chi connectivity index (χ1n) is 6.56. The normalized spacial score (nSPS) is 10.2.